The molecule has 2 rings (SSSR count). The van der Waals surface area contributed by atoms with Crippen molar-refractivity contribution in [1.82, 2.24) is 20.3 Å². The molecular formula is C12H19N5O. The van der Waals surface area contributed by atoms with Gasteiger partial charge in [0.05, 0.1) is 25.4 Å². The zero-order chi connectivity index (χ0) is 12.8. The summed E-state index contributed by atoms with van der Waals surface area (Å²) in [5.74, 6) is 0. The van der Waals surface area contributed by atoms with Crippen molar-refractivity contribution in [3.05, 3.63) is 11.9 Å². The standard InChI is InChI=1S/C12H19N5O/c13-8-11(14-10-4-2-1-3-5-10)12-9-17(6-7-18)16-15-12/h9-11,14,18H,1-7H2. The van der Waals surface area contributed by atoms with Gasteiger partial charge >= 0.3 is 0 Å². The van der Waals surface area contributed by atoms with Gasteiger partial charge in [-0.2, -0.15) is 5.26 Å². The summed E-state index contributed by atoms with van der Waals surface area (Å²) in [6.07, 6.45) is 7.73. The normalized spacial score (nSPS) is 18.4. The number of aromatic nitrogens is 3. The van der Waals surface area contributed by atoms with Crippen molar-refractivity contribution < 1.29 is 5.11 Å². The summed E-state index contributed by atoms with van der Waals surface area (Å²) < 4.78 is 1.56. The fourth-order valence-electron chi connectivity index (χ4n) is 2.35. The first kappa shape index (κ1) is 13.0. The smallest absolute Gasteiger partial charge is 0.142 e. The van der Waals surface area contributed by atoms with Crippen molar-refractivity contribution in [2.75, 3.05) is 6.61 Å². The first-order valence-electron chi connectivity index (χ1n) is 6.50. The van der Waals surface area contributed by atoms with Crippen LogP contribution in [0.4, 0.5) is 0 Å². The van der Waals surface area contributed by atoms with Gasteiger partial charge in [0.2, 0.25) is 0 Å². The summed E-state index contributed by atoms with van der Waals surface area (Å²) in [6.45, 7) is 0.435. The van der Waals surface area contributed by atoms with Crippen molar-refractivity contribution >= 4 is 0 Å². The highest BCUT2D eigenvalue weighted by molar-refractivity contribution is 5.11. The Labute approximate surface area is 107 Å². The largest absolute Gasteiger partial charge is 0.394 e. The van der Waals surface area contributed by atoms with E-state index in [2.05, 4.69) is 21.7 Å². The van der Waals surface area contributed by atoms with E-state index in [0.29, 0.717) is 18.3 Å². The van der Waals surface area contributed by atoms with Gasteiger partial charge in [0.15, 0.2) is 0 Å². The van der Waals surface area contributed by atoms with Gasteiger partial charge in [0.1, 0.15) is 11.7 Å². The lowest BCUT2D eigenvalue weighted by molar-refractivity contribution is 0.268. The lowest BCUT2D eigenvalue weighted by atomic mass is 9.95. The molecule has 6 nitrogen and oxygen atoms in total. The fourth-order valence-corrected chi connectivity index (χ4v) is 2.35. The van der Waals surface area contributed by atoms with E-state index in [0.717, 1.165) is 12.8 Å². The van der Waals surface area contributed by atoms with Crippen LogP contribution in [0.3, 0.4) is 0 Å². The highest BCUT2D eigenvalue weighted by Gasteiger charge is 2.20. The maximum atomic E-state index is 9.21. The number of aliphatic hydroxyl groups is 1. The molecule has 1 aliphatic rings. The minimum absolute atomic E-state index is 0.0239. The highest BCUT2D eigenvalue weighted by Crippen LogP contribution is 2.20. The van der Waals surface area contributed by atoms with E-state index in [9.17, 15) is 5.26 Å². The molecule has 1 heterocycles. The Kier molecular flexibility index (Phi) is 4.67. The van der Waals surface area contributed by atoms with Gasteiger partial charge < -0.3 is 5.11 Å². The van der Waals surface area contributed by atoms with Gasteiger partial charge in [0.25, 0.3) is 0 Å². The third kappa shape index (κ3) is 3.28. The average Bonchev–Trinajstić information content (AvgIpc) is 2.86. The molecule has 0 saturated heterocycles. The van der Waals surface area contributed by atoms with Crippen LogP contribution in [0.1, 0.15) is 43.8 Å². The van der Waals surface area contributed by atoms with E-state index in [1.54, 1.807) is 10.9 Å². The monoisotopic (exact) mass is 249 g/mol. The van der Waals surface area contributed by atoms with Gasteiger partial charge in [-0.25, -0.2) is 4.68 Å². The number of hydrogen-bond donors (Lipinski definition) is 2. The molecule has 0 amide bonds. The number of aliphatic hydroxyl groups excluding tert-OH is 1. The van der Waals surface area contributed by atoms with E-state index in [-0.39, 0.29) is 6.61 Å². The second-order valence-corrected chi connectivity index (χ2v) is 4.69. The van der Waals surface area contributed by atoms with Crippen LogP contribution in [0.5, 0.6) is 0 Å². The molecule has 0 aliphatic heterocycles. The molecular weight excluding hydrogens is 230 g/mol. The van der Waals surface area contributed by atoms with Gasteiger partial charge in [-0.15, -0.1) is 5.10 Å². The van der Waals surface area contributed by atoms with E-state index < -0.39 is 6.04 Å². The third-order valence-electron chi connectivity index (χ3n) is 3.32. The number of hydrogen-bond acceptors (Lipinski definition) is 5. The molecule has 0 bridgehead atoms. The molecule has 1 atom stereocenters. The van der Waals surface area contributed by atoms with Gasteiger partial charge in [-0.3, -0.25) is 5.32 Å². The predicted octanol–water partition coefficient (Wildman–Crippen LogP) is 0.757. The quantitative estimate of drug-likeness (QED) is 0.804. The molecule has 2 N–H and O–H groups in total. The highest BCUT2D eigenvalue weighted by atomic mass is 16.3. The van der Waals surface area contributed by atoms with Crippen LogP contribution in [0, 0.1) is 11.3 Å². The van der Waals surface area contributed by atoms with Crippen LogP contribution in [-0.4, -0.2) is 32.7 Å². The minimum Gasteiger partial charge on any atom is -0.394 e. The Bertz CT molecular complexity index is 405. The van der Waals surface area contributed by atoms with E-state index in [4.69, 9.17) is 5.11 Å². The van der Waals surface area contributed by atoms with Crippen LogP contribution in [0.15, 0.2) is 6.20 Å². The summed E-state index contributed by atoms with van der Waals surface area (Å²) in [5, 5.41) is 29.2. The van der Waals surface area contributed by atoms with Crippen LogP contribution in [-0.2, 0) is 6.54 Å². The molecule has 1 fully saturated rings. The molecule has 1 aliphatic carbocycles. The molecule has 0 radical (unpaired) electrons. The van der Waals surface area contributed by atoms with Crippen molar-refractivity contribution in [3.63, 3.8) is 0 Å². The summed E-state index contributed by atoms with van der Waals surface area (Å²) in [5.41, 5.74) is 0.636. The number of rotatable bonds is 5. The first-order chi connectivity index (χ1) is 8.83. The van der Waals surface area contributed by atoms with Crippen LogP contribution in [0.2, 0.25) is 0 Å². The van der Waals surface area contributed by atoms with Gasteiger partial charge in [-0.05, 0) is 12.8 Å². The Morgan fingerprint density at radius 1 is 1.50 bits per heavy atom. The third-order valence-corrected chi connectivity index (χ3v) is 3.32. The Balaban J connectivity index is 1.96. The summed E-state index contributed by atoms with van der Waals surface area (Å²) in [7, 11) is 0. The molecule has 98 valence electrons. The molecule has 1 unspecified atom stereocenters. The minimum atomic E-state index is -0.402. The molecule has 18 heavy (non-hydrogen) atoms. The maximum Gasteiger partial charge on any atom is 0.142 e. The van der Waals surface area contributed by atoms with E-state index in [1.807, 2.05) is 0 Å². The molecule has 1 aromatic heterocycles. The predicted molar refractivity (Wildman–Crippen MR) is 65.5 cm³/mol. The van der Waals surface area contributed by atoms with Crippen molar-refractivity contribution in [3.8, 4) is 6.07 Å². The van der Waals surface area contributed by atoms with E-state index in [1.165, 1.54) is 19.3 Å². The Morgan fingerprint density at radius 2 is 2.28 bits per heavy atom. The molecule has 1 aromatic rings. The summed E-state index contributed by atoms with van der Waals surface area (Å²) in [4.78, 5) is 0. The first-order valence-corrected chi connectivity index (χ1v) is 6.50. The van der Waals surface area contributed by atoms with Crippen molar-refractivity contribution in [1.29, 1.82) is 5.26 Å². The van der Waals surface area contributed by atoms with Gasteiger partial charge in [0, 0.05) is 6.04 Å². The average molecular weight is 249 g/mol. The number of nitrogens with one attached hydrogen (secondary N) is 1. The lowest BCUT2D eigenvalue weighted by Crippen LogP contribution is -2.34. The van der Waals surface area contributed by atoms with Crippen molar-refractivity contribution in [2.24, 2.45) is 0 Å². The SMILES string of the molecule is N#CC(NC1CCCCC1)c1cn(CCO)nn1. The second-order valence-electron chi connectivity index (χ2n) is 4.69. The Hall–Kier alpha value is -1.45. The number of nitriles is 1. The zero-order valence-electron chi connectivity index (χ0n) is 10.4. The summed E-state index contributed by atoms with van der Waals surface area (Å²) >= 11 is 0. The molecule has 0 spiro atoms. The van der Waals surface area contributed by atoms with Crippen LogP contribution in [0.25, 0.3) is 0 Å². The summed E-state index contributed by atoms with van der Waals surface area (Å²) in [6, 6.07) is 2.24. The second kappa shape index (κ2) is 6.47. The topological polar surface area (TPSA) is 86.8 Å². The number of nitrogens with zero attached hydrogens (tertiary/aromatic N) is 4. The van der Waals surface area contributed by atoms with Gasteiger partial charge in [-0.1, -0.05) is 24.5 Å². The van der Waals surface area contributed by atoms with E-state index >= 15 is 0 Å². The fraction of sp³-hybridized carbons (Fsp3) is 0.750. The molecule has 1 saturated carbocycles. The van der Waals surface area contributed by atoms with Crippen molar-refractivity contribution in [2.45, 2.75) is 50.7 Å². The maximum absolute atomic E-state index is 9.21. The van der Waals surface area contributed by atoms with Crippen LogP contribution < -0.4 is 5.32 Å². The molecule has 0 aromatic carbocycles. The molecule has 6 heteroatoms. The van der Waals surface area contributed by atoms with Crippen LogP contribution >= 0.6 is 0 Å². The lowest BCUT2D eigenvalue weighted by Gasteiger charge is -2.24. The Morgan fingerprint density at radius 3 is 2.94 bits per heavy atom. The zero-order valence-corrected chi connectivity index (χ0v) is 10.4.